The minimum absolute atomic E-state index is 0.00620. The third-order valence-corrected chi connectivity index (χ3v) is 4.29. The fraction of sp³-hybridized carbons (Fsp3) is 0.200. The molecule has 1 N–H and O–H groups in total. The van der Waals surface area contributed by atoms with Gasteiger partial charge in [-0.15, -0.1) is 0 Å². The molecule has 2 aromatic carbocycles. The van der Waals surface area contributed by atoms with E-state index in [9.17, 15) is 13.6 Å². The Morgan fingerprint density at radius 1 is 1.22 bits per heavy atom. The van der Waals surface area contributed by atoms with Gasteiger partial charge in [-0.1, -0.05) is 29.8 Å². The van der Waals surface area contributed by atoms with Gasteiger partial charge >= 0.3 is 0 Å². The average Bonchev–Trinajstić information content (AvgIpc) is 3.08. The van der Waals surface area contributed by atoms with Crippen molar-refractivity contribution in [2.24, 2.45) is 0 Å². The van der Waals surface area contributed by atoms with Crippen molar-refractivity contribution in [3.63, 3.8) is 0 Å². The molecule has 1 atom stereocenters. The number of oxazole rings is 1. The van der Waals surface area contributed by atoms with E-state index in [-0.39, 0.29) is 42.0 Å². The zero-order valence-electron chi connectivity index (χ0n) is 14.5. The van der Waals surface area contributed by atoms with Crippen LogP contribution >= 0.6 is 11.6 Å². The first kappa shape index (κ1) is 19.0. The minimum Gasteiger partial charge on any atom is -0.441 e. The lowest BCUT2D eigenvalue weighted by Crippen LogP contribution is -2.26. The summed E-state index contributed by atoms with van der Waals surface area (Å²) in [5.41, 5.74) is 0.625. The molecule has 1 unspecified atom stereocenters. The van der Waals surface area contributed by atoms with Crippen molar-refractivity contribution in [2.75, 3.05) is 0 Å². The number of carbonyl (C=O) groups is 1. The van der Waals surface area contributed by atoms with E-state index in [0.29, 0.717) is 5.02 Å². The lowest BCUT2D eigenvalue weighted by atomic mass is 10.1. The molecule has 0 bridgehead atoms. The van der Waals surface area contributed by atoms with Crippen LogP contribution in [0.2, 0.25) is 5.02 Å². The van der Waals surface area contributed by atoms with Crippen LogP contribution in [0.1, 0.15) is 30.8 Å². The van der Waals surface area contributed by atoms with Gasteiger partial charge in [-0.25, -0.2) is 13.8 Å². The van der Waals surface area contributed by atoms with Crippen LogP contribution in [0.4, 0.5) is 8.78 Å². The van der Waals surface area contributed by atoms with Crippen LogP contribution < -0.4 is 5.32 Å². The molecule has 140 valence electrons. The summed E-state index contributed by atoms with van der Waals surface area (Å²) in [5.74, 6) is -1.43. The zero-order chi connectivity index (χ0) is 19.4. The molecular weight excluding hydrogens is 374 g/mol. The number of benzene rings is 2. The summed E-state index contributed by atoms with van der Waals surface area (Å²) in [6.07, 6.45) is 1.60. The Hall–Kier alpha value is -2.73. The maximum atomic E-state index is 13.8. The maximum Gasteiger partial charge on any atom is 0.220 e. The van der Waals surface area contributed by atoms with Gasteiger partial charge in [0, 0.05) is 17.9 Å². The predicted octanol–water partition coefficient (Wildman–Crippen LogP) is 5.08. The SMILES string of the molecule is CC(NC(=O)CCc1ncc(-c2c(F)cccc2F)o1)c1cccc(Cl)c1. The molecule has 3 aromatic rings. The number of aryl methyl sites for hydroxylation is 1. The molecular formula is C20H17ClF2N2O2. The number of aromatic nitrogens is 1. The fourth-order valence-corrected chi connectivity index (χ4v) is 2.87. The lowest BCUT2D eigenvalue weighted by molar-refractivity contribution is -0.121. The number of nitrogens with zero attached hydrogens (tertiary/aromatic N) is 1. The van der Waals surface area contributed by atoms with Gasteiger partial charge in [0.25, 0.3) is 0 Å². The molecule has 0 saturated heterocycles. The van der Waals surface area contributed by atoms with Crippen molar-refractivity contribution < 1.29 is 18.0 Å². The summed E-state index contributed by atoms with van der Waals surface area (Å²) in [6.45, 7) is 1.85. The van der Waals surface area contributed by atoms with Gasteiger partial charge in [-0.05, 0) is 36.8 Å². The van der Waals surface area contributed by atoms with Gasteiger partial charge in [0.1, 0.15) is 11.6 Å². The van der Waals surface area contributed by atoms with Gasteiger partial charge in [0.2, 0.25) is 5.91 Å². The summed E-state index contributed by atoms with van der Waals surface area (Å²) in [6, 6.07) is 10.6. The largest absolute Gasteiger partial charge is 0.441 e. The van der Waals surface area contributed by atoms with Crippen LogP contribution in [0.3, 0.4) is 0 Å². The third kappa shape index (κ3) is 4.71. The number of rotatable bonds is 6. The highest BCUT2D eigenvalue weighted by Crippen LogP contribution is 2.26. The molecule has 0 spiro atoms. The van der Waals surface area contributed by atoms with Crippen molar-refractivity contribution in [1.82, 2.24) is 10.3 Å². The second-order valence-electron chi connectivity index (χ2n) is 6.06. The number of hydrogen-bond acceptors (Lipinski definition) is 3. The quantitative estimate of drug-likeness (QED) is 0.638. The molecule has 0 fully saturated rings. The van der Waals surface area contributed by atoms with Crippen molar-refractivity contribution in [1.29, 1.82) is 0 Å². The van der Waals surface area contributed by atoms with Gasteiger partial charge < -0.3 is 9.73 Å². The number of nitrogens with one attached hydrogen (secondary N) is 1. The molecule has 3 rings (SSSR count). The average molecular weight is 391 g/mol. The van der Waals surface area contributed by atoms with E-state index in [1.807, 2.05) is 19.1 Å². The third-order valence-electron chi connectivity index (χ3n) is 4.05. The standard InChI is InChI=1S/C20H17ClF2N2O2/c1-12(13-4-2-5-14(21)10-13)25-18(26)8-9-19-24-11-17(27-19)20-15(22)6-3-7-16(20)23/h2-7,10-12H,8-9H2,1H3,(H,25,26). The van der Waals surface area contributed by atoms with Gasteiger partial charge in [0.15, 0.2) is 11.7 Å². The summed E-state index contributed by atoms with van der Waals surface area (Å²) < 4.78 is 33.0. The Labute approximate surface area is 160 Å². The van der Waals surface area contributed by atoms with Crippen LogP contribution in [0, 0.1) is 11.6 Å². The molecule has 1 heterocycles. The molecule has 1 aromatic heterocycles. The molecule has 0 aliphatic rings. The number of halogens is 3. The second-order valence-corrected chi connectivity index (χ2v) is 6.50. The van der Waals surface area contributed by atoms with Crippen LogP contribution in [0.15, 0.2) is 53.1 Å². The van der Waals surface area contributed by atoms with E-state index in [2.05, 4.69) is 10.3 Å². The number of hydrogen-bond donors (Lipinski definition) is 1. The Morgan fingerprint density at radius 2 is 1.93 bits per heavy atom. The Bertz CT molecular complexity index is 938. The maximum absolute atomic E-state index is 13.8. The molecule has 27 heavy (non-hydrogen) atoms. The molecule has 0 saturated carbocycles. The first-order valence-electron chi connectivity index (χ1n) is 8.38. The summed E-state index contributed by atoms with van der Waals surface area (Å²) in [4.78, 5) is 16.1. The summed E-state index contributed by atoms with van der Waals surface area (Å²) >= 11 is 5.95. The van der Waals surface area contributed by atoms with Crippen molar-refractivity contribution in [3.8, 4) is 11.3 Å². The van der Waals surface area contributed by atoms with Crippen LogP contribution in [-0.4, -0.2) is 10.9 Å². The Kier molecular flexibility index (Phi) is 5.86. The first-order valence-corrected chi connectivity index (χ1v) is 8.75. The van der Waals surface area contributed by atoms with E-state index >= 15 is 0 Å². The highest BCUT2D eigenvalue weighted by atomic mass is 35.5. The molecule has 1 amide bonds. The van der Waals surface area contributed by atoms with Crippen LogP contribution in [-0.2, 0) is 11.2 Å². The first-order chi connectivity index (χ1) is 12.9. The summed E-state index contributed by atoms with van der Waals surface area (Å²) in [5, 5.41) is 3.46. The van der Waals surface area contributed by atoms with Crippen LogP contribution in [0.25, 0.3) is 11.3 Å². The van der Waals surface area contributed by atoms with E-state index in [4.69, 9.17) is 16.0 Å². The van der Waals surface area contributed by atoms with Gasteiger partial charge in [-0.3, -0.25) is 4.79 Å². The fourth-order valence-electron chi connectivity index (χ4n) is 2.67. The van der Waals surface area contributed by atoms with E-state index in [1.54, 1.807) is 12.1 Å². The molecule has 4 nitrogen and oxygen atoms in total. The van der Waals surface area contributed by atoms with E-state index in [0.717, 1.165) is 17.7 Å². The molecule has 7 heteroatoms. The Balaban J connectivity index is 1.59. The number of amides is 1. The Morgan fingerprint density at radius 3 is 2.63 bits per heavy atom. The lowest BCUT2D eigenvalue weighted by Gasteiger charge is -2.14. The van der Waals surface area contributed by atoms with Crippen molar-refractivity contribution in [2.45, 2.75) is 25.8 Å². The smallest absolute Gasteiger partial charge is 0.220 e. The van der Waals surface area contributed by atoms with Crippen LogP contribution in [0.5, 0.6) is 0 Å². The summed E-state index contributed by atoms with van der Waals surface area (Å²) in [7, 11) is 0. The molecule has 0 radical (unpaired) electrons. The van der Waals surface area contributed by atoms with Crippen molar-refractivity contribution in [3.05, 3.63) is 76.8 Å². The highest BCUT2D eigenvalue weighted by Gasteiger charge is 2.17. The topological polar surface area (TPSA) is 55.1 Å². The zero-order valence-corrected chi connectivity index (χ0v) is 15.3. The van der Waals surface area contributed by atoms with Gasteiger partial charge in [0.05, 0.1) is 17.8 Å². The predicted molar refractivity (Wildman–Crippen MR) is 98.2 cm³/mol. The monoisotopic (exact) mass is 390 g/mol. The van der Waals surface area contributed by atoms with Crippen molar-refractivity contribution >= 4 is 17.5 Å². The highest BCUT2D eigenvalue weighted by molar-refractivity contribution is 6.30. The van der Waals surface area contributed by atoms with E-state index < -0.39 is 11.6 Å². The van der Waals surface area contributed by atoms with E-state index in [1.165, 1.54) is 12.3 Å². The number of carbonyl (C=O) groups excluding carboxylic acids is 1. The normalized spacial score (nSPS) is 12.0. The second kappa shape index (κ2) is 8.31. The molecule has 0 aliphatic carbocycles. The minimum atomic E-state index is -0.731. The van der Waals surface area contributed by atoms with Gasteiger partial charge in [-0.2, -0.15) is 0 Å². The molecule has 0 aliphatic heterocycles.